The molecule has 0 N–H and O–H groups in total. The Morgan fingerprint density at radius 2 is 2.00 bits per heavy atom. The minimum atomic E-state index is -0.991. The number of anilines is 1. The number of fused-ring (bicyclic) bond motifs is 1. The molecule has 7 nitrogen and oxygen atoms in total. The Morgan fingerprint density at radius 1 is 1.24 bits per heavy atom. The lowest BCUT2D eigenvalue weighted by molar-refractivity contribution is 0.0675. The number of aromatic nitrogens is 2. The molecular formula is C27H30ClFN4O3S. The minimum Gasteiger partial charge on any atom is -0.496 e. The molecule has 3 aromatic rings. The summed E-state index contributed by atoms with van der Waals surface area (Å²) in [7, 11) is 5.23. The lowest BCUT2D eigenvalue weighted by Crippen LogP contribution is -2.50. The highest BCUT2D eigenvalue weighted by Gasteiger charge is 2.46. The first-order valence-corrected chi connectivity index (χ1v) is 13.4. The SMILES string of the molecule is CCOc1ccc(CN2C[C@@](C)(c3cccc(Cl)c3F)c3nc(SC)nc(N(C)C)c3C2=O)c(OC)c1. The van der Waals surface area contributed by atoms with Gasteiger partial charge in [-0.15, -0.1) is 0 Å². The summed E-state index contributed by atoms with van der Waals surface area (Å²) >= 11 is 7.58. The first kappa shape index (κ1) is 27.0. The fourth-order valence-corrected chi connectivity index (χ4v) is 5.25. The number of hydrogen-bond acceptors (Lipinski definition) is 7. The van der Waals surface area contributed by atoms with Gasteiger partial charge in [0.05, 0.1) is 29.8 Å². The summed E-state index contributed by atoms with van der Waals surface area (Å²) in [6.45, 7) is 4.75. The smallest absolute Gasteiger partial charge is 0.259 e. The van der Waals surface area contributed by atoms with E-state index in [1.165, 1.54) is 17.8 Å². The van der Waals surface area contributed by atoms with Gasteiger partial charge in [-0.1, -0.05) is 35.5 Å². The van der Waals surface area contributed by atoms with Gasteiger partial charge in [0.25, 0.3) is 5.91 Å². The predicted molar refractivity (Wildman–Crippen MR) is 145 cm³/mol. The van der Waals surface area contributed by atoms with Gasteiger partial charge in [-0.05, 0) is 38.3 Å². The summed E-state index contributed by atoms with van der Waals surface area (Å²) < 4.78 is 26.7. The number of nitrogens with zero attached hydrogens (tertiary/aromatic N) is 4. The van der Waals surface area contributed by atoms with Crippen LogP contribution >= 0.6 is 23.4 Å². The Balaban J connectivity index is 1.91. The number of thioether (sulfide) groups is 1. The van der Waals surface area contributed by atoms with E-state index in [1.54, 1.807) is 35.1 Å². The summed E-state index contributed by atoms with van der Waals surface area (Å²) in [5.74, 6) is 0.999. The Labute approximate surface area is 225 Å². The van der Waals surface area contributed by atoms with E-state index in [2.05, 4.69) is 4.98 Å². The molecule has 0 saturated carbocycles. The van der Waals surface area contributed by atoms with Crippen molar-refractivity contribution >= 4 is 35.1 Å². The van der Waals surface area contributed by atoms with Crippen LogP contribution in [0, 0.1) is 5.82 Å². The molecule has 0 bridgehead atoms. The van der Waals surface area contributed by atoms with Crippen molar-refractivity contribution in [1.82, 2.24) is 14.9 Å². The molecule has 1 aromatic heterocycles. The van der Waals surface area contributed by atoms with Crippen molar-refractivity contribution in [3.05, 3.63) is 69.6 Å². The predicted octanol–water partition coefficient (Wildman–Crippen LogP) is 5.43. The van der Waals surface area contributed by atoms with Gasteiger partial charge < -0.3 is 19.3 Å². The van der Waals surface area contributed by atoms with E-state index in [1.807, 2.05) is 46.3 Å². The molecule has 0 saturated heterocycles. The number of benzene rings is 2. The first-order valence-electron chi connectivity index (χ1n) is 11.8. The van der Waals surface area contributed by atoms with Gasteiger partial charge >= 0.3 is 0 Å². The highest BCUT2D eigenvalue weighted by atomic mass is 35.5. The van der Waals surface area contributed by atoms with E-state index in [-0.39, 0.29) is 24.0 Å². The molecule has 0 unspecified atom stereocenters. The lowest BCUT2D eigenvalue weighted by atomic mass is 9.74. The van der Waals surface area contributed by atoms with Gasteiger partial charge in [-0.2, -0.15) is 0 Å². The maximum atomic E-state index is 15.5. The van der Waals surface area contributed by atoms with Crippen molar-refractivity contribution in [2.75, 3.05) is 45.5 Å². The third kappa shape index (κ3) is 4.94. The molecule has 1 amide bonds. The summed E-state index contributed by atoms with van der Waals surface area (Å²) in [6.07, 6.45) is 1.87. The normalized spacial score (nSPS) is 17.0. The fraction of sp³-hybridized carbons (Fsp3) is 0.370. The number of methoxy groups -OCH3 is 1. The Bertz CT molecular complexity index is 1340. The Kier molecular flexibility index (Phi) is 7.85. The number of ether oxygens (including phenoxy) is 2. The summed E-state index contributed by atoms with van der Waals surface area (Å²) in [6, 6.07) is 10.5. The second-order valence-electron chi connectivity index (χ2n) is 9.15. The third-order valence-electron chi connectivity index (χ3n) is 6.48. The van der Waals surface area contributed by atoms with E-state index in [4.69, 9.17) is 26.1 Å². The molecule has 1 aliphatic heterocycles. The van der Waals surface area contributed by atoms with Crippen LogP contribution in [0.2, 0.25) is 5.02 Å². The van der Waals surface area contributed by atoms with Crippen LogP contribution in [0.25, 0.3) is 0 Å². The van der Waals surface area contributed by atoms with E-state index in [0.717, 1.165) is 5.56 Å². The van der Waals surface area contributed by atoms with Gasteiger partial charge in [0, 0.05) is 44.4 Å². The molecule has 2 aromatic carbocycles. The number of hydrogen-bond donors (Lipinski definition) is 0. The second-order valence-corrected chi connectivity index (χ2v) is 10.3. The van der Waals surface area contributed by atoms with Crippen LogP contribution in [0.5, 0.6) is 11.5 Å². The van der Waals surface area contributed by atoms with Gasteiger partial charge in [0.1, 0.15) is 28.7 Å². The highest BCUT2D eigenvalue weighted by Crippen LogP contribution is 2.44. The molecule has 0 radical (unpaired) electrons. The number of halogens is 2. The monoisotopic (exact) mass is 544 g/mol. The molecule has 1 aliphatic rings. The first-order chi connectivity index (χ1) is 17.6. The number of rotatable bonds is 8. The van der Waals surface area contributed by atoms with E-state index >= 15 is 4.39 Å². The summed E-state index contributed by atoms with van der Waals surface area (Å²) in [5, 5.41) is 0.523. The zero-order valence-corrected chi connectivity index (χ0v) is 23.3. The Morgan fingerprint density at radius 3 is 2.65 bits per heavy atom. The summed E-state index contributed by atoms with van der Waals surface area (Å²) in [4.78, 5) is 26.9. The van der Waals surface area contributed by atoms with Crippen molar-refractivity contribution in [1.29, 1.82) is 0 Å². The maximum absolute atomic E-state index is 15.5. The molecule has 10 heteroatoms. The molecule has 196 valence electrons. The molecule has 0 aliphatic carbocycles. The van der Waals surface area contributed by atoms with Gasteiger partial charge in [-0.25, -0.2) is 14.4 Å². The van der Waals surface area contributed by atoms with Crippen LogP contribution in [-0.2, 0) is 12.0 Å². The molecular weight excluding hydrogens is 515 g/mol. The van der Waals surface area contributed by atoms with Crippen molar-refractivity contribution in [3.8, 4) is 11.5 Å². The minimum absolute atomic E-state index is 0.0175. The molecule has 37 heavy (non-hydrogen) atoms. The quantitative estimate of drug-likeness (QED) is 0.277. The molecule has 0 fully saturated rings. The van der Waals surface area contributed by atoms with E-state index in [0.29, 0.717) is 45.9 Å². The fourth-order valence-electron chi connectivity index (χ4n) is 4.71. The number of amides is 1. The maximum Gasteiger partial charge on any atom is 0.259 e. The standard InChI is InChI=1S/C27H30ClFN4O3S/c1-7-36-17-12-11-16(20(13-17)35-5)14-33-15-27(2,18-9-8-10-19(28)22(18)29)23-21(25(33)34)24(32(3)4)31-26(30-23)37-6/h8-13H,7,14-15H2,1-6H3/t27-/m0/s1. The number of carbonyl (C=O) groups excluding carboxylic acids is 1. The third-order valence-corrected chi connectivity index (χ3v) is 7.32. The van der Waals surface area contributed by atoms with Crippen molar-refractivity contribution in [2.45, 2.75) is 31.0 Å². The van der Waals surface area contributed by atoms with Crippen molar-refractivity contribution in [3.63, 3.8) is 0 Å². The molecule has 0 spiro atoms. The highest BCUT2D eigenvalue weighted by molar-refractivity contribution is 7.98. The van der Waals surface area contributed by atoms with Crippen LogP contribution in [0.4, 0.5) is 10.2 Å². The van der Waals surface area contributed by atoms with Crippen LogP contribution in [-0.4, -0.2) is 61.4 Å². The lowest BCUT2D eigenvalue weighted by Gasteiger charge is -2.42. The Hall–Kier alpha value is -3.04. The van der Waals surface area contributed by atoms with Crippen LogP contribution in [0.3, 0.4) is 0 Å². The van der Waals surface area contributed by atoms with E-state index in [9.17, 15) is 4.79 Å². The number of carbonyl (C=O) groups is 1. The average Bonchev–Trinajstić information content (AvgIpc) is 2.88. The topological polar surface area (TPSA) is 67.8 Å². The van der Waals surface area contributed by atoms with Crippen LogP contribution in [0.15, 0.2) is 41.6 Å². The zero-order chi connectivity index (χ0) is 26.9. The van der Waals surface area contributed by atoms with Crippen LogP contribution in [0.1, 0.15) is 41.0 Å². The molecule has 1 atom stereocenters. The van der Waals surface area contributed by atoms with E-state index < -0.39 is 11.2 Å². The van der Waals surface area contributed by atoms with Crippen molar-refractivity contribution in [2.24, 2.45) is 0 Å². The van der Waals surface area contributed by atoms with Crippen LogP contribution < -0.4 is 14.4 Å². The summed E-state index contributed by atoms with van der Waals surface area (Å²) in [5.41, 5.74) is 1.00. The second kappa shape index (κ2) is 10.8. The van der Waals surface area contributed by atoms with Gasteiger partial charge in [0.2, 0.25) is 0 Å². The van der Waals surface area contributed by atoms with Gasteiger partial charge in [0.15, 0.2) is 5.16 Å². The molecule has 2 heterocycles. The van der Waals surface area contributed by atoms with Gasteiger partial charge in [-0.3, -0.25) is 4.79 Å². The zero-order valence-electron chi connectivity index (χ0n) is 21.8. The average molecular weight is 545 g/mol. The molecule has 4 rings (SSSR count). The van der Waals surface area contributed by atoms with Crippen molar-refractivity contribution < 1.29 is 18.7 Å². The largest absolute Gasteiger partial charge is 0.496 e.